The first kappa shape index (κ1) is 11.8. The molecule has 0 bridgehead atoms. The van der Waals surface area contributed by atoms with Gasteiger partial charge in [-0.15, -0.1) is 0 Å². The predicted octanol–water partition coefficient (Wildman–Crippen LogP) is 1.71. The summed E-state index contributed by atoms with van der Waals surface area (Å²) in [5, 5.41) is 0. The molecule has 1 aliphatic heterocycles. The van der Waals surface area contributed by atoms with Gasteiger partial charge in [0.05, 0.1) is 5.69 Å². The van der Waals surface area contributed by atoms with E-state index in [1.807, 2.05) is 23.1 Å². The van der Waals surface area contributed by atoms with Crippen LogP contribution >= 0.6 is 0 Å². The molecule has 96 valence electrons. The third kappa shape index (κ3) is 2.59. The van der Waals surface area contributed by atoms with Gasteiger partial charge in [-0.05, 0) is 12.1 Å². The lowest BCUT2D eigenvalue weighted by Crippen LogP contribution is -2.34. The SMILES string of the molecule is O=C1CCN(c2ncc(-c3ccccn3)cn2)CC1. The van der Waals surface area contributed by atoms with Gasteiger partial charge >= 0.3 is 0 Å². The maximum atomic E-state index is 11.2. The van der Waals surface area contributed by atoms with E-state index in [0.29, 0.717) is 37.7 Å². The number of piperidine rings is 1. The van der Waals surface area contributed by atoms with Gasteiger partial charge < -0.3 is 4.90 Å². The molecule has 1 saturated heterocycles. The first-order valence-corrected chi connectivity index (χ1v) is 6.33. The standard InChI is InChI=1S/C14H14N4O/c19-12-4-7-18(8-5-12)14-16-9-11(10-17-14)13-3-1-2-6-15-13/h1-3,6,9-10H,4-5,7-8H2. The van der Waals surface area contributed by atoms with Crippen molar-refractivity contribution >= 4 is 11.7 Å². The molecule has 1 aliphatic rings. The monoisotopic (exact) mass is 254 g/mol. The lowest BCUT2D eigenvalue weighted by Gasteiger charge is -2.25. The summed E-state index contributed by atoms with van der Waals surface area (Å²) in [6, 6.07) is 5.74. The van der Waals surface area contributed by atoms with Crippen LogP contribution in [0.5, 0.6) is 0 Å². The number of carbonyl (C=O) groups excluding carboxylic acids is 1. The minimum Gasteiger partial charge on any atom is -0.340 e. The van der Waals surface area contributed by atoms with Gasteiger partial charge in [0.1, 0.15) is 5.78 Å². The van der Waals surface area contributed by atoms with E-state index in [4.69, 9.17) is 0 Å². The first-order valence-electron chi connectivity index (χ1n) is 6.33. The second-order valence-corrected chi connectivity index (χ2v) is 4.51. The Balaban J connectivity index is 1.78. The van der Waals surface area contributed by atoms with E-state index in [9.17, 15) is 4.79 Å². The van der Waals surface area contributed by atoms with Crippen molar-refractivity contribution in [2.45, 2.75) is 12.8 Å². The number of pyridine rings is 1. The van der Waals surface area contributed by atoms with Crippen molar-refractivity contribution in [3.05, 3.63) is 36.8 Å². The van der Waals surface area contributed by atoms with Crippen molar-refractivity contribution in [3.8, 4) is 11.3 Å². The van der Waals surface area contributed by atoms with E-state index in [1.54, 1.807) is 18.6 Å². The van der Waals surface area contributed by atoms with Gasteiger partial charge in [-0.25, -0.2) is 9.97 Å². The van der Waals surface area contributed by atoms with E-state index in [-0.39, 0.29) is 0 Å². The van der Waals surface area contributed by atoms with Crippen LogP contribution in [0.2, 0.25) is 0 Å². The number of anilines is 1. The average molecular weight is 254 g/mol. The number of carbonyl (C=O) groups is 1. The zero-order valence-corrected chi connectivity index (χ0v) is 10.5. The highest BCUT2D eigenvalue weighted by Gasteiger charge is 2.18. The summed E-state index contributed by atoms with van der Waals surface area (Å²) in [6.45, 7) is 1.42. The van der Waals surface area contributed by atoms with Crippen LogP contribution < -0.4 is 4.90 Å². The summed E-state index contributed by atoms with van der Waals surface area (Å²) in [4.78, 5) is 26.2. The van der Waals surface area contributed by atoms with Crippen molar-refractivity contribution in [1.82, 2.24) is 15.0 Å². The molecule has 0 saturated carbocycles. The zero-order chi connectivity index (χ0) is 13.1. The molecular formula is C14H14N4O. The number of rotatable bonds is 2. The number of hydrogen-bond acceptors (Lipinski definition) is 5. The molecule has 1 fully saturated rings. The molecular weight excluding hydrogens is 240 g/mol. The molecule has 0 aromatic carbocycles. The molecule has 19 heavy (non-hydrogen) atoms. The van der Waals surface area contributed by atoms with Crippen molar-refractivity contribution in [1.29, 1.82) is 0 Å². The van der Waals surface area contributed by atoms with Gasteiger partial charge in [0.15, 0.2) is 0 Å². The second-order valence-electron chi connectivity index (χ2n) is 4.51. The maximum absolute atomic E-state index is 11.2. The quantitative estimate of drug-likeness (QED) is 0.816. The van der Waals surface area contributed by atoms with E-state index >= 15 is 0 Å². The summed E-state index contributed by atoms with van der Waals surface area (Å²) in [7, 11) is 0. The summed E-state index contributed by atoms with van der Waals surface area (Å²) in [5.41, 5.74) is 1.76. The van der Waals surface area contributed by atoms with Crippen molar-refractivity contribution in [2.75, 3.05) is 18.0 Å². The molecule has 0 amide bonds. The molecule has 5 nitrogen and oxygen atoms in total. The van der Waals surface area contributed by atoms with E-state index in [2.05, 4.69) is 15.0 Å². The van der Waals surface area contributed by atoms with E-state index in [0.717, 1.165) is 11.3 Å². The summed E-state index contributed by atoms with van der Waals surface area (Å²) >= 11 is 0. The molecule has 5 heteroatoms. The Labute approximate surface area is 111 Å². The van der Waals surface area contributed by atoms with Crippen LogP contribution in [0.25, 0.3) is 11.3 Å². The largest absolute Gasteiger partial charge is 0.340 e. The van der Waals surface area contributed by atoms with Crippen LogP contribution in [0.3, 0.4) is 0 Å². The Kier molecular flexibility index (Phi) is 3.18. The molecule has 0 N–H and O–H groups in total. The Bertz CT molecular complexity index is 558. The molecule has 0 atom stereocenters. The zero-order valence-electron chi connectivity index (χ0n) is 10.5. The number of ketones is 1. The highest BCUT2D eigenvalue weighted by Crippen LogP contribution is 2.17. The highest BCUT2D eigenvalue weighted by molar-refractivity contribution is 5.80. The summed E-state index contributed by atoms with van der Waals surface area (Å²) < 4.78 is 0. The van der Waals surface area contributed by atoms with Gasteiger partial charge in [-0.2, -0.15) is 0 Å². The average Bonchev–Trinajstić information content (AvgIpc) is 2.49. The Hall–Kier alpha value is -2.30. The number of Topliss-reactive ketones (excluding diaryl/α,β-unsaturated/α-hetero) is 1. The Morgan fingerprint density at radius 2 is 1.74 bits per heavy atom. The third-order valence-corrected chi connectivity index (χ3v) is 3.20. The van der Waals surface area contributed by atoms with Gasteiger partial charge in [0.25, 0.3) is 0 Å². The summed E-state index contributed by atoms with van der Waals surface area (Å²) in [6.07, 6.45) is 6.48. The molecule has 0 radical (unpaired) electrons. The number of hydrogen-bond donors (Lipinski definition) is 0. The molecule has 0 spiro atoms. The van der Waals surface area contributed by atoms with Gasteiger partial charge in [-0.1, -0.05) is 6.07 Å². The van der Waals surface area contributed by atoms with Crippen LogP contribution in [-0.2, 0) is 4.79 Å². The molecule has 3 rings (SSSR count). The Morgan fingerprint density at radius 3 is 2.37 bits per heavy atom. The first-order chi connectivity index (χ1) is 9.33. The fourth-order valence-electron chi connectivity index (χ4n) is 2.11. The normalized spacial score (nSPS) is 15.6. The van der Waals surface area contributed by atoms with Gasteiger partial charge in [-0.3, -0.25) is 9.78 Å². The molecule has 0 aliphatic carbocycles. The fraction of sp³-hybridized carbons (Fsp3) is 0.286. The van der Waals surface area contributed by atoms with E-state index < -0.39 is 0 Å². The minimum absolute atomic E-state index is 0.321. The Morgan fingerprint density at radius 1 is 1.00 bits per heavy atom. The van der Waals surface area contributed by atoms with Crippen LogP contribution in [-0.4, -0.2) is 33.8 Å². The number of aromatic nitrogens is 3. The van der Waals surface area contributed by atoms with Crippen LogP contribution in [0.1, 0.15) is 12.8 Å². The smallest absolute Gasteiger partial charge is 0.225 e. The second kappa shape index (κ2) is 5.14. The topological polar surface area (TPSA) is 59.0 Å². The molecule has 3 heterocycles. The van der Waals surface area contributed by atoms with Gasteiger partial charge in [0.2, 0.25) is 5.95 Å². The van der Waals surface area contributed by atoms with Crippen molar-refractivity contribution in [3.63, 3.8) is 0 Å². The third-order valence-electron chi connectivity index (χ3n) is 3.20. The van der Waals surface area contributed by atoms with Crippen LogP contribution in [0.4, 0.5) is 5.95 Å². The van der Waals surface area contributed by atoms with Crippen molar-refractivity contribution < 1.29 is 4.79 Å². The lowest BCUT2D eigenvalue weighted by atomic mass is 10.1. The van der Waals surface area contributed by atoms with Crippen molar-refractivity contribution in [2.24, 2.45) is 0 Å². The fourth-order valence-corrected chi connectivity index (χ4v) is 2.11. The molecule has 0 unspecified atom stereocenters. The van der Waals surface area contributed by atoms with Crippen LogP contribution in [0.15, 0.2) is 36.8 Å². The maximum Gasteiger partial charge on any atom is 0.225 e. The molecule has 2 aromatic rings. The predicted molar refractivity (Wildman–Crippen MR) is 71.7 cm³/mol. The number of nitrogens with zero attached hydrogens (tertiary/aromatic N) is 4. The highest BCUT2D eigenvalue weighted by atomic mass is 16.1. The summed E-state index contributed by atoms with van der Waals surface area (Å²) in [5.74, 6) is 1.01. The lowest BCUT2D eigenvalue weighted by molar-refractivity contribution is -0.119. The van der Waals surface area contributed by atoms with Crippen LogP contribution in [0, 0.1) is 0 Å². The van der Waals surface area contributed by atoms with Gasteiger partial charge in [0, 0.05) is 50.1 Å². The van der Waals surface area contributed by atoms with E-state index in [1.165, 1.54) is 0 Å². The molecule has 2 aromatic heterocycles. The minimum atomic E-state index is 0.321.